The van der Waals surface area contributed by atoms with Crippen molar-refractivity contribution in [2.75, 3.05) is 6.61 Å². The van der Waals surface area contributed by atoms with Crippen molar-refractivity contribution in [3.8, 4) is 0 Å². The molecule has 0 N–H and O–H groups in total. The van der Waals surface area contributed by atoms with E-state index < -0.39 is 0 Å². The van der Waals surface area contributed by atoms with Gasteiger partial charge < -0.3 is 4.74 Å². The molecule has 0 aromatic carbocycles. The maximum Gasteiger partial charge on any atom is 0.258 e. The van der Waals surface area contributed by atoms with Crippen molar-refractivity contribution < 1.29 is 4.74 Å². The Morgan fingerprint density at radius 3 is 3.33 bits per heavy atom. The van der Waals surface area contributed by atoms with Gasteiger partial charge in [0.25, 0.3) is 5.56 Å². The van der Waals surface area contributed by atoms with Gasteiger partial charge in [-0.15, -0.1) is 23.1 Å². The van der Waals surface area contributed by atoms with Crippen LogP contribution >= 0.6 is 23.1 Å². The molecule has 2 aromatic heterocycles. The number of fused-ring (bicyclic) bond motifs is 1. The number of thioether (sulfide) groups is 1. The lowest BCUT2D eigenvalue weighted by Crippen LogP contribution is -2.15. The zero-order valence-corrected chi connectivity index (χ0v) is 11.7. The minimum Gasteiger partial charge on any atom is -0.377 e. The first-order valence-corrected chi connectivity index (χ1v) is 7.86. The summed E-state index contributed by atoms with van der Waals surface area (Å²) in [7, 11) is 0. The first-order chi connectivity index (χ1) is 8.74. The van der Waals surface area contributed by atoms with Crippen LogP contribution in [-0.4, -0.2) is 27.3 Å². The number of hydrogen-bond donors (Lipinski definition) is 0. The number of ether oxygens (including phenoxy) is 1. The van der Waals surface area contributed by atoms with Crippen LogP contribution in [0.4, 0.5) is 0 Å². The molecule has 0 radical (unpaired) electrons. The van der Waals surface area contributed by atoms with Crippen molar-refractivity contribution in [1.82, 2.24) is 9.38 Å². The molecule has 4 nitrogen and oxygen atoms in total. The van der Waals surface area contributed by atoms with Gasteiger partial charge in [-0.05, 0) is 13.3 Å². The SMILES string of the molecule is C[C@H]1OCC[C@H]1SCc1cc(=O)n2ccsc2n1. The fraction of sp³-hybridized carbons (Fsp3) is 0.500. The average molecular weight is 282 g/mol. The highest BCUT2D eigenvalue weighted by atomic mass is 32.2. The fourth-order valence-corrected chi connectivity index (χ4v) is 3.97. The van der Waals surface area contributed by atoms with Gasteiger partial charge in [-0.1, -0.05) is 0 Å². The second-order valence-corrected chi connectivity index (χ2v) is 6.46. The summed E-state index contributed by atoms with van der Waals surface area (Å²) in [4.78, 5) is 17.1. The maximum absolute atomic E-state index is 11.8. The Kier molecular flexibility index (Phi) is 3.41. The topological polar surface area (TPSA) is 43.6 Å². The van der Waals surface area contributed by atoms with E-state index in [0.29, 0.717) is 11.4 Å². The number of rotatable bonds is 3. The summed E-state index contributed by atoms with van der Waals surface area (Å²) in [5.41, 5.74) is 0.874. The molecule has 6 heteroatoms. The summed E-state index contributed by atoms with van der Waals surface area (Å²) in [6.45, 7) is 2.95. The van der Waals surface area contributed by atoms with E-state index in [1.165, 1.54) is 11.3 Å². The zero-order valence-electron chi connectivity index (χ0n) is 10.0. The van der Waals surface area contributed by atoms with Crippen molar-refractivity contribution >= 4 is 28.1 Å². The van der Waals surface area contributed by atoms with E-state index in [0.717, 1.165) is 29.4 Å². The van der Waals surface area contributed by atoms with E-state index in [9.17, 15) is 4.79 Å². The number of aromatic nitrogens is 2. The first-order valence-electron chi connectivity index (χ1n) is 5.93. The molecule has 3 rings (SSSR count). The molecule has 1 aliphatic heterocycles. The summed E-state index contributed by atoms with van der Waals surface area (Å²) in [5.74, 6) is 0.780. The third-order valence-electron chi connectivity index (χ3n) is 3.11. The fourth-order valence-electron chi connectivity index (χ4n) is 2.09. The number of nitrogens with zero attached hydrogens (tertiary/aromatic N) is 2. The second-order valence-electron chi connectivity index (χ2n) is 4.36. The van der Waals surface area contributed by atoms with Crippen LogP contribution in [0.1, 0.15) is 19.0 Å². The molecule has 0 unspecified atom stereocenters. The molecule has 18 heavy (non-hydrogen) atoms. The monoisotopic (exact) mass is 282 g/mol. The van der Waals surface area contributed by atoms with Crippen molar-refractivity contribution in [1.29, 1.82) is 0 Å². The van der Waals surface area contributed by atoms with Gasteiger partial charge in [-0.2, -0.15) is 0 Å². The summed E-state index contributed by atoms with van der Waals surface area (Å²) in [6, 6.07) is 1.63. The normalized spacial score (nSPS) is 23.8. The Bertz CT molecular complexity index is 607. The Morgan fingerprint density at radius 2 is 2.56 bits per heavy atom. The van der Waals surface area contributed by atoms with Crippen LogP contribution in [0.3, 0.4) is 0 Å². The van der Waals surface area contributed by atoms with Crippen LogP contribution < -0.4 is 5.56 Å². The highest BCUT2D eigenvalue weighted by Crippen LogP contribution is 2.28. The van der Waals surface area contributed by atoms with Crippen LogP contribution in [0.15, 0.2) is 22.4 Å². The summed E-state index contributed by atoms with van der Waals surface area (Å²) in [6.07, 6.45) is 3.16. The number of thiazole rings is 1. The molecule has 0 bridgehead atoms. The summed E-state index contributed by atoms with van der Waals surface area (Å²) < 4.78 is 7.11. The van der Waals surface area contributed by atoms with Crippen molar-refractivity contribution in [3.63, 3.8) is 0 Å². The molecule has 0 saturated carbocycles. The molecule has 0 amide bonds. The van der Waals surface area contributed by atoms with E-state index in [2.05, 4.69) is 11.9 Å². The van der Waals surface area contributed by atoms with Gasteiger partial charge in [-0.3, -0.25) is 9.20 Å². The largest absolute Gasteiger partial charge is 0.377 e. The van der Waals surface area contributed by atoms with Gasteiger partial charge in [0.2, 0.25) is 0 Å². The molecule has 96 valence electrons. The van der Waals surface area contributed by atoms with Gasteiger partial charge in [0.15, 0.2) is 4.96 Å². The highest BCUT2D eigenvalue weighted by Gasteiger charge is 2.24. The van der Waals surface area contributed by atoms with E-state index in [4.69, 9.17) is 4.74 Å². The Balaban J connectivity index is 1.76. The lowest BCUT2D eigenvalue weighted by Gasteiger charge is -2.12. The molecule has 3 heterocycles. The van der Waals surface area contributed by atoms with Gasteiger partial charge in [-0.25, -0.2) is 4.98 Å². The lowest BCUT2D eigenvalue weighted by atomic mass is 10.3. The van der Waals surface area contributed by atoms with E-state index in [1.54, 1.807) is 16.7 Å². The van der Waals surface area contributed by atoms with Crippen LogP contribution in [0, 0.1) is 0 Å². The zero-order chi connectivity index (χ0) is 12.5. The molecule has 2 atom stereocenters. The van der Waals surface area contributed by atoms with Gasteiger partial charge >= 0.3 is 0 Å². The van der Waals surface area contributed by atoms with Crippen molar-refractivity contribution in [2.45, 2.75) is 30.5 Å². The van der Waals surface area contributed by atoms with Crippen LogP contribution in [0.5, 0.6) is 0 Å². The van der Waals surface area contributed by atoms with Gasteiger partial charge in [0, 0.05) is 35.3 Å². The van der Waals surface area contributed by atoms with Crippen LogP contribution in [-0.2, 0) is 10.5 Å². The molecule has 2 aromatic rings. The molecular formula is C12H14N2O2S2. The predicted octanol–water partition coefficient (Wildman–Crippen LogP) is 2.17. The highest BCUT2D eigenvalue weighted by molar-refractivity contribution is 7.99. The molecular weight excluding hydrogens is 268 g/mol. The molecule has 1 aliphatic rings. The second kappa shape index (κ2) is 5.03. The van der Waals surface area contributed by atoms with E-state index >= 15 is 0 Å². The molecule has 0 spiro atoms. The van der Waals surface area contributed by atoms with E-state index in [-0.39, 0.29) is 5.56 Å². The standard InChI is InChI=1S/C12H14N2O2S2/c1-8-10(2-4-16-8)18-7-9-6-11(15)14-3-5-17-12(14)13-9/h3,5-6,8,10H,2,4,7H2,1H3/t8-,10-/m1/s1. The minimum atomic E-state index is 0.00701. The third-order valence-corrected chi connectivity index (χ3v) is 5.37. The predicted molar refractivity (Wildman–Crippen MR) is 74.5 cm³/mol. The van der Waals surface area contributed by atoms with Crippen LogP contribution in [0.25, 0.3) is 4.96 Å². The smallest absolute Gasteiger partial charge is 0.258 e. The molecule has 1 saturated heterocycles. The Morgan fingerprint density at radius 1 is 1.67 bits per heavy atom. The Labute approximate surface area is 113 Å². The first kappa shape index (κ1) is 12.2. The van der Waals surface area contributed by atoms with Gasteiger partial charge in [0.1, 0.15) is 0 Å². The maximum atomic E-state index is 11.8. The van der Waals surface area contributed by atoms with Crippen molar-refractivity contribution in [3.05, 3.63) is 33.7 Å². The summed E-state index contributed by atoms with van der Waals surface area (Å²) in [5, 5.41) is 2.40. The molecule has 1 fully saturated rings. The number of hydrogen-bond acceptors (Lipinski definition) is 5. The third kappa shape index (κ3) is 2.32. The lowest BCUT2D eigenvalue weighted by molar-refractivity contribution is 0.127. The minimum absolute atomic E-state index is 0.00701. The Hall–Kier alpha value is -0.850. The molecule has 0 aliphatic carbocycles. The van der Waals surface area contributed by atoms with Crippen molar-refractivity contribution in [2.24, 2.45) is 0 Å². The van der Waals surface area contributed by atoms with Crippen LogP contribution in [0.2, 0.25) is 0 Å². The van der Waals surface area contributed by atoms with Gasteiger partial charge in [0.05, 0.1) is 11.8 Å². The summed E-state index contributed by atoms with van der Waals surface area (Å²) >= 11 is 3.33. The average Bonchev–Trinajstić information content (AvgIpc) is 2.95. The van der Waals surface area contributed by atoms with E-state index in [1.807, 2.05) is 17.1 Å². The quantitative estimate of drug-likeness (QED) is 0.865.